The molecule has 0 bridgehead atoms. The third-order valence-corrected chi connectivity index (χ3v) is 3.22. The van der Waals surface area contributed by atoms with Gasteiger partial charge >= 0.3 is 0 Å². The van der Waals surface area contributed by atoms with Crippen molar-refractivity contribution in [1.82, 2.24) is 0 Å². The Kier molecular flexibility index (Phi) is 3.25. The summed E-state index contributed by atoms with van der Waals surface area (Å²) >= 11 is 0. The number of carbonyl (C=O) groups excluding carboxylic acids is 1. The largest absolute Gasteiger partial charge is 0.366 e. The third kappa shape index (κ3) is 2.22. The Morgan fingerprint density at radius 2 is 2.00 bits per heavy atom. The summed E-state index contributed by atoms with van der Waals surface area (Å²) in [5, 5.41) is 0. The summed E-state index contributed by atoms with van der Waals surface area (Å²) in [6.45, 7) is 1.56. The Hall–Kier alpha value is -1.67. The minimum Gasteiger partial charge on any atom is -0.366 e. The van der Waals surface area contributed by atoms with E-state index in [0.29, 0.717) is 6.42 Å². The van der Waals surface area contributed by atoms with Crippen molar-refractivity contribution in [2.24, 2.45) is 0 Å². The van der Waals surface area contributed by atoms with Crippen LogP contribution in [-0.4, -0.2) is 18.5 Å². The number of ketones is 1. The lowest BCUT2D eigenvalue weighted by atomic mass is 9.87. The molecule has 0 N–H and O–H groups in total. The molecular formula is C15H16O2. The van der Waals surface area contributed by atoms with E-state index in [1.807, 2.05) is 30.4 Å². The van der Waals surface area contributed by atoms with Crippen LogP contribution in [0, 0.1) is 0 Å². The van der Waals surface area contributed by atoms with E-state index < -0.39 is 5.60 Å². The highest BCUT2D eigenvalue weighted by molar-refractivity contribution is 5.90. The summed E-state index contributed by atoms with van der Waals surface area (Å²) in [6.07, 6.45) is 6.47. The molecule has 88 valence electrons. The molecule has 0 spiro atoms. The minimum absolute atomic E-state index is 0.0413. The maximum atomic E-state index is 11.6. The van der Waals surface area contributed by atoms with Crippen LogP contribution < -0.4 is 0 Å². The molecule has 2 rings (SSSR count). The van der Waals surface area contributed by atoms with Gasteiger partial charge < -0.3 is 4.74 Å². The molecule has 1 aromatic carbocycles. The molecule has 1 atom stereocenters. The lowest BCUT2D eigenvalue weighted by Crippen LogP contribution is -2.37. The first-order valence-electron chi connectivity index (χ1n) is 5.69. The SMILES string of the molecule is COC1(C(C)=O)C=CC(c2ccccc2)=CC1. The van der Waals surface area contributed by atoms with E-state index in [0.717, 1.165) is 11.1 Å². The average Bonchev–Trinajstić information content (AvgIpc) is 2.39. The third-order valence-electron chi connectivity index (χ3n) is 3.22. The highest BCUT2D eigenvalue weighted by atomic mass is 16.5. The van der Waals surface area contributed by atoms with Gasteiger partial charge in [-0.15, -0.1) is 0 Å². The molecular weight excluding hydrogens is 212 g/mol. The van der Waals surface area contributed by atoms with Gasteiger partial charge in [-0.05, 0) is 24.1 Å². The van der Waals surface area contributed by atoms with Gasteiger partial charge in [0, 0.05) is 13.5 Å². The van der Waals surface area contributed by atoms with Crippen molar-refractivity contribution in [3.63, 3.8) is 0 Å². The van der Waals surface area contributed by atoms with Crippen LogP contribution in [0.25, 0.3) is 5.57 Å². The topological polar surface area (TPSA) is 26.3 Å². The molecule has 17 heavy (non-hydrogen) atoms. The molecule has 1 unspecified atom stereocenters. The smallest absolute Gasteiger partial charge is 0.165 e. The second-order valence-electron chi connectivity index (χ2n) is 4.21. The first-order chi connectivity index (χ1) is 8.18. The van der Waals surface area contributed by atoms with Crippen molar-refractivity contribution in [2.75, 3.05) is 7.11 Å². The van der Waals surface area contributed by atoms with Crippen LogP contribution in [0.4, 0.5) is 0 Å². The molecule has 0 heterocycles. The van der Waals surface area contributed by atoms with E-state index >= 15 is 0 Å². The minimum atomic E-state index is -0.766. The molecule has 2 nitrogen and oxygen atoms in total. The van der Waals surface area contributed by atoms with Gasteiger partial charge in [-0.3, -0.25) is 4.79 Å². The fourth-order valence-corrected chi connectivity index (χ4v) is 2.02. The fraction of sp³-hybridized carbons (Fsp3) is 0.267. The van der Waals surface area contributed by atoms with Crippen molar-refractivity contribution >= 4 is 11.4 Å². The van der Waals surface area contributed by atoms with Crippen LogP contribution >= 0.6 is 0 Å². The van der Waals surface area contributed by atoms with Crippen LogP contribution in [-0.2, 0) is 9.53 Å². The zero-order valence-electron chi connectivity index (χ0n) is 10.1. The monoisotopic (exact) mass is 228 g/mol. The zero-order valence-corrected chi connectivity index (χ0v) is 10.1. The summed E-state index contributed by atoms with van der Waals surface area (Å²) < 4.78 is 5.34. The Morgan fingerprint density at radius 1 is 1.29 bits per heavy atom. The summed E-state index contributed by atoms with van der Waals surface area (Å²) in [4.78, 5) is 11.6. The number of benzene rings is 1. The molecule has 2 heteroatoms. The number of ether oxygens (including phenoxy) is 1. The Balaban J connectivity index is 2.25. The normalized spacial score (nSPS) is 23.3. The van der Waals surface area contributed by atoms with Gasteiger partial charge in [-0.2, -0.15) is 0 Å². The molecule has 0 fully saturated rings. The first-order valence-corrected chi connectivity index (χ1v) is 5.69. The van der Waals surface area contributed by atoms with Crippen molar-refractivity contribution in [3.05, 3.63) is 54.1 Å². The van der Waals surface area contributed by atoms with Gasteiger partial charge in [0.1, 0.15) is 5.60 Å². The number of hydrogen-bond donors (Lipinski definition) is 0. The molecule has 0 radical (unpaired) electrons. The van der Waals surface area contributed by atoms with Gasteiger partial charge in [-0.1, -0.05) is 42.5 Å². The summed E-state index contributed by atoms with van der Waals surface area (Å²) in [7, 11) is 1.58. The number of rotatable bonds is 3. The molecule has 0 saturated carbocycles. The lowest BCUT2D eigenvalue weighted by molar-refractivity contribution is -0.133. The molecule has 1 aliphatic rings. The van der Waals surface area contributed by atoms with E-state index in [2.05, 4.69) is 18.2 Å². The number of methoxy groups -OCH3 is 1. The summed E-state index contributed by atoms with van der Waals surface area (Å²) in [5.74, 6) is 0.0413. The highest BCUT2D eigenvalue weighted by Crippen LogP contribution is 2.29. The van der Waals surface area contributed by atoms with E-state index in [1.54, 1.807) is 14.0 Å². The maximum absolute atomic E-state index is 11.6. The molecule has 0 aliphatic heterocycles. The van der Waals surface area contributed by atoms with Crippen LogP contribution in [0.15, 0.2) is 48.6 Å². The second kappa shape index (κ2) is 4.68. The van der Waals surface area contributed by atoms with E-state index in [1.165, 1.54) is 0 Å². The Morgan fingerprint density at radius 3 is 2.47 bits per heavy atom. The van der Waals surface area contributed by atoms with Crippen molar-refractivity contribution in [3.8, 4) is 0 Å². The van der Waals surface area contributed by atoms with Gasteiger partial charge in [0.2, 0.25) is 0 Å². The fourth-order valence-electron chi connectivity index (χ4n) is 2.02. The summed E-state index contributed by atoms with van der Waals surface area (Å²) in [5.41, 5.74) is 1.54. The quantitative estimate of drug-likeness (QED) is 0.795. The second-order valence-corrected chi connectivity index (χ2v) is 4.21. The summed E-state index contributed by atoms with van der Waals surface area (Å²) in [6, 6.07) is 10.1. The molecule has 0 amide bonds. The molecule has 0 aromatic heterocycles. The van der Waals surface area contributed by atoms with Gasteiger partial charge in [0.15, 0.2) is 5.78 Å². The number of Topliss-reactive ketones (excluding diaryl/α,β-unsaturated/α-hetero) is 1. The van der Waals surface area contributed by atoms with Gasteiger partial charge in [0.25, 0.3) is 0 Å². The standard InChI is InChI=1S/C15H16O2/c1-12(16)15(17-2)10-8-14(9-11-15)13-6-4-3-5-7-13/h3-10H,11H2,1-2H3. The molecule has 1 aromatic rings. The molecule has 1 aliphatic carbocycles. The highest BCUT2D eigenvalue weighted by Gasteiger charge is 2.33. The number of allylic oxidation sites excluding steroid dienone is 2. The maximum Gasteiger partial charge on any atom is 0.165 e. The average molecular weight is 228 g/mol. The van der Waals surface area contributed by atoms with Crippen molar-refractivity contribution in [2.45, 2.75) is 18.9 Å². The van der Waals surface area contributed by atoms with E-state index in [4.69, 9.17) is 4.74 Å². The zero-order chi connectivity index (χ0) is 12.3. The van der Waals surface area contributed by atoms with Gasteiger partial charge in [0.05, 0.1) is 0 Å². The van der Waals surface area contributed by atoms with Crippen LogP contribution in [0.3, 0.4) is 0 Å². The predicted molar refractivity (Wildman–Crippen MR) is 68.6 cm³/mol. The van der Waals surface area contributed by atoms with Crippen molar-refractivity contribution < 1.29 is 9.53 Å². The lowest BCUT2D eigenvalue weighted by Gasteiger charge is -2.28. The Bertz CT molecular complexity index is 471. The first kappa shape index (κ1) is 11.8. The number of hydrogen-bond acceptors (Lipinski definition) is 2. The van der Waals surface area contributed by atoms with Crippen LogP contribution in [0.1, 0.15) is 18.9 Å². The van der Waals surface area contributed by atoms with E-state index in [9.17, 15) is 4.79 Å². The van der Waals surface area contributed by atoms with Crippen LogP contribution in [0.5, 0.6) is 0 Å². The van der Waals surface area contributed by atoms with Crippen LogP contribution in [0.2, 0.25) is 0 Å². The van der Waals surface area contributed by atoms with E-state index in [-0.39, 0.29) is 5.78 Å². The predicted octanol–water partition coefficient (Wildman–Crippen LogP) is 3.00. The number of carbonyl (C=O) groups is 1. The molecule has 0 saturated heterocycles. The Labute approximate surface area is 102 Å². The van der Waals surface area contributed by atoms with Crippen molar-refractivity contribution in [1.29, 1.82) is 0 Å². The van der Waals surface area contributed by atoms with Gasteiger partial charge in [-0.25, -0.2) is 0 Å².